The van der Waals surface area contributed by atoms with Crippen molar-refractivity contribution in [1.29, 1.82) is 0 Å². The van der Waals surface area contributed by atoms with Crippen molar-refractivity contribution in [3.05, 3.63) is 403 Å². The van der Waals surface area contributed by atoms with Crippen LogP contribution in [-0.2, 0) is 70.6 Å². The first-order chi connectivity index (χ1) is 52.8. The lowest BCUT2D eigenvalue weighted by atomic mass is 9.77. The third kappa shape index (κ3) is 17.4. The van der Waals surface area contributed by atoms with Crippen LogP contribution >= 0.6 is 27.5 Å². The summed E-state index contributed by atoms with van der Waals surface area (Å²) in [6, 6.07) is 103. The van der Waals surface area contributed by atoms with E-state index in [-0.39, 0.29) is 70.0 Å². The molecule has 0 saturated carbocycles. The van der Waals surface area contributed by atoms with Gasteiger partial charge in [0.1, 0.15) is 109 Å². The Hall–Kier alpha value is -11.5. The lowest BCUT2D eigenvalue weighted by Crippen LogP contribution is -2.37. The molecule has 0 aliphatic carbocycles. The van der Waals surface area contributed by atoms with Crippen LogP contribution in [0.4, 0.5) is 0 Å². The van der Waals surface area contributed by atoms with Crippen molar-refractivity contribution in [3.63, 3.8) is 0 Å². The minimum absolute atomic E-state index is 0.0404. The molecule has 15 rings (SSSR count). The van der Waals surface area contributed by atoms with Crippen molar-refractivity contribution < 1.29 is 57.2 Å². The number of benzene rings is 13. The molecule has 0 radical (unpaired) electrons. The number of hydrogen-bond acceptors (Lipinski definition) is 12. The molecule has 0 saturated heterocycles. The number of ether oxygens (including phenoxy) is 11. The summed E-state index contributed by atoms with van der Waals surface area (Å²) in [5.74, 6) is 2.77. The third-order valence-electron chi connectivity index (χ3n) is 18.9. The minimum atomic E-state index is -1.49. The van der Waals surface area contributed by atoms with E-state index in [0.29, 0.717) is 85.1 Å². The predicted molar refractivity (Wildman–Crippen MR) is 418 cm³/mol. The van der Waals surface area contributed by atoms with E-state index < -0.39 is 30.3 Å². The summed E-state index contributed by atoms with van der Waals surface area (Å²) in [5, 5.41) is 14.6. The quantitative estimate of drug-likeness (QED) is 0.0461. The summed E-state index contributed by atoms with van der Waals surface area (Å²) < 4.78 is 78.6. The lowest BCUT2D eigenvalue weighted by molar-refractivity contribution is -0.0469. The summed E-state index contributed by atoms with van der Waals surface area (Å²) >= 11 is 12.4. The van der Waals surface area contributed by atoms with Gasteiger partial charge in [-0.25, -0.2) is 0 Å². The van der Waals surface area contributed by atoms with Crippen LogP contribution in [0.5, 0.6) is 57.5 Å². The van der Waals surface area contributed by atoms with Crippen LogP contribution in [0.1, 0.15) is 96.0 Å². The Kier molecular flexibility index (Phi) is 23.0. The molecular weight excluding hydrogens is 1420 g/mol. The first-order valence-electron chi connectivity index (χ1n) is 35.8. The van der Waals surface area contributed by atoms with E-state index in [1.54, 1.807) is 0 Å². The highest BCUT2D eigenvalue weighted by atomic mass is 79.9. The molecule has 2 aliphatic heterocycles. The van der Waals surface area contributed by atoms with Gasteiger partial charge in [0.05, 0.1) is 12.5 Å². The second kappa shape index (κ2) is 34.6. The molecule has 536 valence electrons. The van der Waals surface area contributed by atoms with E-state index in [9.17, 15) is 5.11 Å². The molecule has 0 amide bonds. The highest BCUT2D eigenvalue weighted by Crippen LogP contribution is 2.62. The molecule has 13 aromatic rings. The minimum Gasteiger partial charge on any atom is -0.488 e. The summed E-state index contributed by atoms with van der Waals surface area (Å²) in [7, 11) is 0. The van der Waals surface area contributed by atoms with Crippen molar-refractivity contribution in [1.82, 2.24) is 0 Å². The number of fused-ring (bicyclic) bond motifs is 2. The smallest absolute Gasteiger partial charge is 0.162 e. The van der Waals surface area contributed by atoms with E-state index in [1.165, 1.54) is 0 Å². The van der Waals surface area contributed by atoms with Gasteiger partial charge in [0.2, 0.25) is 0 Å². The van der Waals surface area contributed by atoms with Gasteiger partial charge in [0.25, 0.3) is 0 Å². The number of hydrogen-bond donors (Lipinski definition) is 1. The van der Waals surface area contributed by atoms with Gasteiger partial charge in [-0.05, 0) is 101 Å². The van der Waals surface area contributed by atoms with Crippen LogP contribution in [0.3, 0.4) is 0 Å². The molecule has 14 heteroatoms. The van der Waals surface area contributed by atoms with Gasteiger partial charge < -0.3 is 57.2 Å². The monoisotopic (exact) mass is 1500 g/mol. The topological polar surface area (TPSA) is 122 Å². The molecule has 0 spiro atoms. The van der Waals surface area contributed by atoms with Crippen LogP contribution in [0.2, 0.25) is 5.02 Å². The standard InChI is InChI=1S/C93H78BrClO12/c94-85-80(102-59-68-38-20-6-21-39-68)53-79(101-58-67-36-18-5-19-37-67)82-83(87(96)89(107-92(82)85)73-47-49-76(98-55-64-30-12-2-13-31-64)78(51-73)100-57-66-34-16-4-17-35-66)84-90(104-61-70-42-24-8-25-43-70)74-52-81(103-60-69-40-22-7-23-41-69)88(106-91(74)86(95)93(84)105-62-71-44-26-9-27-45-71)72-46-48-75(97-54-63-28-10-1-11-29-63)77(50-72)99-56-65-32-14-3-15-33-65/h1-51,53,81,83,87-89,96H,52,54-62H2. The maximum absolute atomic E-state index is 14.4. The largest absolute Gasteiger partial charge is 0.488 e. The fourth-order valence-electron chi connectivity index (χ4n) is 13.4. The number of rotatable bonds is 30. The molecular formula is C93H78BrClO12. The molecule has 13 aromatic carbocycles. The molecule has 12 nitrogen and oxygen atoms in total. The Morgan fingerprint density at radius 2 is 0.636 bits per heavy atom. The summed E-state index contributed by atoms with van der Waals surface area (Å²) in [6.07, 6.45) is -4.02. The first kappa shape index (κ1) is 71.2. The maximum Gasteiger partial charge on any atom is 0.162 e. The van der Waals surface area contributed by atoms with Crippen molar-refractivity contribution in [2.24, 2.45) is 0 Å². The maximum atomic E-state index is 14.4. The second-order valence-electron chi connectivity index (χ2n) is 26.3. The molecule has 1 N–H and O–H groups in total. The van der Waals surface area contributed by atoms with Crippen LogP contribution in [0.25, 0.3) is 0 Å². The van der Waals surface area contributed by atoms with Gasteiger partial charge in [-0.2, -0.15) is 0 Å². The molecule has 2 aliphatic rings. The van der Waals surface area contributed by atoms with Crippen molar-refractivity contribution in [3.8, 4) is 57.5 Å². The SMILES string of the molecule is OC1C(c2ccc(OCc3ccccc3)c(OCc3ccccc3)c2)Oc2c(Br)c(OCc3ccccc3)cc(OCc3ccccc3)c2C1c1c(OCc2ccccc2)c(Cl)c2c(c1OCc1ccccc1)CC(OCc1ccccc1)C(c1ccc(OCc3ccccc3)c(OCc3ccccc3)c1)O2. The zero-order chi connectivity index (χ0) is 72.5. The van der Waals surface area contributed by atoms with E-state index in [4.69, 9.17) is 63.7 Å². The Bertz CT molecular complexity index is 5030. The molecule has 5 unspecified atom stereocenters. The summed E-state index contributed by atoms with van der Waals surface area (Å²) in [5.41, 5.74) is 11.2. The van der Waals surface area contributed by atoms with E-state index in [0.717, 1.165) is 55.6 Å². The molecule has 107 heavy (non-hydrogen) atoms. The Balaban J connectivity index is 0.942. The van der Waals surface area contributed by atoms with Gasteiger partial charge in [-0.1, -0.05) is 297 Å². The van der Waals surface area contributed by atoms with Crippen LogP contribution in [-0.4, -0.2) is 17.3 Å². The van der Waals surface area contributed by atoms with Crippen LogP contribution in [0.15, 0.2) is 320 Å². The van der Waals surface area contributed by atoms with Gasteiger partial charge in [0.15, 0.2) is 35.2 Å². The van der Waals surface area contributed by atoms with Crippen LogP contribution < -0.4 is 47.4 Å². The van der Waals surface area contributed by atoms with Crippen molar-refractivity contribution in [2.75, 3.05) is 0 Å². The van der Waals surface area contributed by atoms with Gasteiger partial charge in [-0.3, -0.25) is 0 Å². The third-order valence-corrected chi connectivity index (χ3v) is 20.0. The fraction of sp³-hybridized carbons (Fsp3) is 0.161. The molecule has 5 atom stereocenters. The van der Waals surface area contributed by atoms with Gasteiger partial charge >= 0.3 is 0 Å². The summed E-state index contributed by atoms with van der Waals surface area (Å²) in [6.45, 7) is 1.73. The average Bonchev–Trinajstić information content (AvgIpc) is 0.712. The lowest BCUT2D eigenvalue weighted by Gasteiger charge is -2.41. The molecule has 0 aromatic heterocycles. The van der Waals surface area contributed by atoms with Crippen molar-refractivity contribution in [2.45, 2.75) is 96.2 Å². The predicted octanol–water partition coefficient (Wildman–Crippen LogP) is 21.6. The van der Waals surface area contributed by atoms with E-state index in [1.807, 2.05) is 315 Å². The highest BCUT2D eigenvalue weighted by molar-refractivity contribution is 9.10. The van der Waals surface area contributed by atoms with Crippen molar-refractivity contribution >= 4 is 27.5 Å². The Labute approximate surface area is 637 Å². The normalized spacial score (nSPS) is 15.6. The zero-order valence-corrected chi connectivity index (χ0v) is 61.0. The number of aliphatic hydroxyl groups excluding tert-OH is 1. The first-order valence-corrected chi connectivity index (χ1v) is 37.0. The highest BCUT2D eigenvalue weighted by Gasteiger charge is 2.49. The van der Waals surface area contributed by atoms with E-state index >= 15 is 0 Å². The second-order valence-corrected chi connectivity index (χ2v) is 27.5. The molecule has 0 bridgehead atoms. The van der Waals surface area contributed by atoms with E-state index in [2.05, 4.69) is 15.9 Å². The molecule has 0 fully saturated rings. The molecule has 2 heterocycles. The number of halogens is 2. The fourth-order valence-corrected chi connectivity index (χ4v) is 14.3. The average molecular weight is 1500 g/mol. The van der Waals surface area contributed by atoms with Gasteiger partial charge in [0, 0.05) is 29.2 Å². The van der Waals surface area contributed by atoms with Gasteiger partial charge in [-0.15, -0.1) is 0 Å². The Morgan fingerprint density at radius 3 is 1.03 bits per heavy atom. The Morgan fingerprint density at radius 1 is 0.318 bits per heavy atom. The summed E-state index contributed by atoms with van der Waals surface area (Å²) in [4.78, 5) is 0. The zero-order valence-electron chi connectivity index (χ0n) is 58.7. The number of aliphatic hydroxyl groups is 1. The van der Waals surface area contributed by atoms with Crippen LogP contribution in [0, 0.1) is 0 Å².